The number of hydrogen-bond acceptors (Lipinski definition) is 5. The number of benzene rings is 3. The molecule has 0 aliphatic carbocycles. The maximum absolute atomic E-state index is 13.9. The Morgan fingerprint density at radius 2 is 1.51 bits per heavy atom. The lowest BCUT2D eigenvalue weighted by Crippen LogP contribution is -2.52. The summed E-state index contributed by atoms with van der Waals surface area (Å²) in [6.45, 7) is 4.70. The molecule has 3 aromatic carbocycles. The van der Waals surface area contributed by atoms with Gasteiger partial charge in [0.05, 0.1) is 17.7 Å². The number of carbonyl (C=O) groups excluding carboxylic acids is 2. The molecule has 0 spiro atoms. The van der Waals surface area contributed by atoms with E-state index < -0.39 is 28.5 Å². The minimum absolute atomic E-state index is 0.0128. The molecule has 2 amide bonds. The third-order valence-corrected chi connectivity index (χ3v) is 8.08. The van der Waals surface area contributed by atoms with E-state index in [1.165, 1.54) is 35.2 Å². The zero-order chi connectivity index (χ0) is 28.7. The lowest BCUT2D eigenvalue weighted by atomic mass is 10.1. The molecule has 208 valence electrons. The summed E-state index contributed by atoms with van der Waals surface area (Å²) >= 11 is 12.4. The molecule has 8 nitrogen and oxygen atoms in total. The van der Waals surface area contributed by atoms with Gasteiger partial charge in [0, 0.05) is 22.6 Å². The second-order valence-electron chi connectivity index (χ2n) is 9.16. The van der Waals surface area contributed by atoms with Gasteiger partial charge < -0.3 is 15.0 Å². The number of sulfonamides is 1. The monoisotopic (exact) mass is 591 g/mol. The highest BCUT2D eigenvalue weighted by Crippen LogP contribution is 2.30. The van der Waals surface area contributed by atoms with Crippen LogP contribution in [0, 0.1) is 0 Å². The van der Waals surface area contributed by atoms with E-state index in [-0.39, 0.29) is 39.1 Å². The van der Waals surface area contributed by atoms with Crippen molar-refractivity contribution >= 4 is 50.7 Å². The molecule has 3 rings (SSSR count). The maximum Gasteiger partial charge on any atom is 0.264 e. The van der Waals surface area contributed by atoms with Gasteiger partial charge >= 0.3 is 0 Å². The minimum Gasteiger partial charge on any atom is -0.497 e. The lowest BCUT2D eigenvalue weighted by molar-refractivity contribution is -0.139. The molecule has 0 saturated carbocycles. The van der Waals surface area contributed by atoms with Gasteiger partial charge in [-0.1, -0.05) is 53.5 Å². The predicted molar refractivity (Wildman–Crippen MR) is 154 cm³/mol. The number of nitrogens with one attached hydrogen (secondary N) is 1. The van der Waals surface area contributed by atoms with Crippen LogP contribution in [0.3, 0.4) is 0 Å². The van der Waals surface area contributed by atoms with Crippen LogP contribution < -0.4 is 14.4 Å². The van der Waals surface area contributed by atoms with Gasteiger partial charge in [-0.05, 0) is 68.8 Å². The van der Waals surface area contributed by atoms with Gasteiger partial charge in [0.2, 0.25) is 11.8 Å². The van der Waals surface area contributed by atoms with Crippen molar-refractivity contribution in [3.05, 3.63) is 88.4 Å². The van der Waals surface area contributed by atoms with E-state index in [2.05, 4.69) is 5.32 Å². The number of carbonyl (C=O) groups is 2. The fraction of sp³-hybridized carbons (Fsp3) is 0.286. The first kappa shape index (κ1) is 30.3. The highest BCUT2D eigenvalue weighted by molar-refractivity contribution is 7.92. The molecule has 11 heteroatoms. The molecule has 1 N–H and O–H groups in total. The Hall–Kier alpha value is -3.27. The lowest BCUT2D eigenvalue weighted by Gasteiger charge is -2.32. The molecule has 0 saturated heterocycles. The Balaban J connectivity index is 2.04. The number of hydrogen-bond donors (Lipinski definition) is 1. The third-order valence-electron chi connectivity index (χ3n) is 5.86. The minimum atomic E-state index is -4.21. The van der Waals surface area contributed by atoms with Gasteiger partial charge in [-0.3, -0.25) is 13.9 Å². The van der Waals surface area contributed by atoms with Crippen molar-refractivity contribution in [2.75, 3.05) is 18.0 Å². The first-order chi connectivity index (χ1) is 18.4. The molecule has 0 bridgehead atoms. The van der Waals surface area contributed by atoms with E-state index in [1.54, 1.807) is 56.5 Å². The van der Waals surface area contributed by atoms with Gasteiger partial charge in [0.15, 0.2) is 0 Å². The van der Waals surface area contributed by atoms with Crippen LogP contribution in [-0.2, 0) is 26.2 Å². The quantitative estimate of drug-likeness (QED) is 0.333. The summed E-state index contributed by atoms with van der Waals surface area (Å²) in [5.74, 6) is -0.317. The Labute approximate surface area is 239 Å². The van der Waals surface area contributed by atoms with Crippen molar-refractivity contribution in [2.45, 2.75) is 44.3 Å². The van der Waals surface area contributed by atoms with Crippen molar-refractivity contribution in [1.29, 1.82) is 0 Å². The fourth-order valence-corrected chi connectivity index (χ4v) is 5.78. The molecule has 39 heavy (non-hydrogen) atoms. The van der Waals surface area contributed by atoms with Crippen LogP contribution >= 0.6 is 23.2 Å². The second kappa shape index (κ2) is 13.2. The standard InChI is InChI=1S/C28H31Cl2N3O5S/c1-19(2)31-28(35)20(3)32(17-21-10-12-25(38-4)13-11-21)27(34)18-33(24-15-22(29)14-23(30)16-24)39(36,37)26-8-6-5-7-9-26/h5-16,19-20H,17-18H2,1-4H3,(H,31,35)/t20-/m1/s1. The van der Waals surface area contributed by atoms with Gasteiger partial charge in [-0.25, -0.2) is 8.42 Å². The van der Waals surface area contributed by atoms with Crippen LogP contribution in [-0.4, -0.2) is 50.9 Å². The number of rotatable bonds is 11. The Bertz CT molecular complexity index is 1380. The van der Waals surface area contributed by atoms with Gasteiger partial charge in [0.25, 0.3) is 10.0 Å². The van der Waals surface area contributed by atoms with E-state index >= 15 is 0 Å². The van der Waals surface area contributed by atoms with Crippen LogP contribution in [0.1, 0.15) is 26.3 Å². The van der Waals surface area contributed by atoms with Gasteiger partial charge in [-0.2, -0.15) is 0 Å². The van der Waals surface area contributed by atoms with E-state index in [0.717, 1.165) is 9.87 Å². The average Bonchev–Trinajstić information content (AvgIpc) is 2.89. The normalized spacial score (nSPS) is 12.1. The van der Waals surface area contributed by atoms with Crippen LogP contribution in [0.5, 0.6) is 5.75 Å². The zero-order valence-corrected chi connectivity index (χ0v) is 24.4. The van der Waals surface area contributed by atoms with Crippen molar-refractivity contribution in [1.82, 2.24) is 10.2 Å². The Morgan fingerprint density at radius 1 is 0.923 bits per heavy atom. The number of amides is 2. The zero-order valence-electron chi connectivity index (χ0n) is 22.1. The van der Waals surface area contributed by atoms with Crippen molar-refractivity contribution in [3.63, 3.8) is 0 Å². The van der Waals surface area contributed by atoms with Crippen LogP contribution in [0.4, 0.5) is 5.69 Å². The van der Waals surface area contributed by atoms with Gasteiger partial charge in [0.1, 0.15) is 18.3 Å². The number of nitrogens with zero attached hydrogens (tertiary/aromatic N) is 2. The van der Waals surface area contributed by atoms with E-state index in [0.29, 0.717) is 5.75 Å². The summed E-state index contributed by atoms with van der Waals surface area (Å²) in [6.07, 6.45) is 0. The molecule has 0 unspecified atom stereocenters. The maximum atomic E-state index is 13.9. The van der Waals surface area contributed by atoms with Crippen molar-refractivity contribution in [2.24, 2.45) is 0 Å². The van der Waals surface area contributed by atoms with Crippen LogP contribution in [0.15, 0.2) is 77.7 Å². The first-order valence-corrected chi connectivity index (χ1v) is 14.4. The smallest absolute Gasteiger partial charge is 0.264 e. The van der Waals surface area contributed by atoms with E-state index in [9.17, 15) is 18.0 Å². The van der Waals surface area contributed by atoms with Crippen LogP contribution in [0.25, 0.3) is 0 Å². The molecule has 0 aliphatic rings. The molecule has 3 aromatic rings. The highest BCUT2D eigenvalue weighted by atomic mass is 35.5. The molecule has 0 aromatic heterocycles. The Morgan fingerprint density at radius 3 is 2.05 bits per heavy atom. The average molecular weight is 593 g/mol. The molecular weight excluding hydrogens is 561 g/mol. The predicted octanol–water partition coefficient (Wildman–Crippen LogP) is 5.14. The number of anilines is 1. The molecule has 0 aliphatic heterocycles. The summed E-state index contributed by atoms with van der Waals surface area (Å²) in [5, 5.41) is 3.23. The van der Waals surface area contributed by atoms with Crippen molar-refractivity contribution < 1.29 is 22.7 Å². The SMILES string of the molecule is COc1ccc(CN(C(=O)CN(c2cc(Cl)cc(Cl)c2)S(=O)(=O)c2ccccc2)[C@H](C)C(=O)NC(C)C)cc1. The van der Waals surface area contributed by atoms with Gasteiger partial charge in [-0.15, -0.1) is 0 Å². The summed E-state index contributed by atoms with van der Waals surface area (Å²) in [6, 6.07) is 18.1. The molecule has 0 heterocycles. The summed E-state index contributed by atoms with van der Waals surface area (Å²) in [7, 11) is -2.66. The van der Waals surface area contributed by atoms with Crippen LogP contribution in [0.2, 0.25) is 10.0 Å². The molecule has 0 radical (unpaired) electrons. The summed E-state index contributed by atoms with van der Waals surface area (Å²) < 4.78 is 33.7. The van der Waals surface area contributed by atoms with Crippen molar-refractivity contribution in [3.8, 4) is 5.75 Å². The second-order valence-corrected chi connectivity index (χ2v) is 11.9. The summed E-state index contributed by atoms with van der Waals surface area (Å²) in [4.78, 5) is 28.2. The molecular formula is C28H31Cl2N3O5S. The topological polar surface area (TPSA) is 96.0 Å². The Kier molecular flexibility index (Phi) is 10.2. The molecule has 1 atom stereocenters. The fourth-order valence-electron chi connectivity index (χ4n) is 3.85. The van der Waals surface area contributed by atoms with E-state index in [4.69, 9.17) is 27.9 Å². The van der Waals surface area contributed by atoms with E-state index in [1.807, 2.05) is 13.8 Å². The largest absolute Gasteiger partial charge is 0.497 e. The summed E-state index contributed by atoms with van der Waals surface area (Å²) in [5.41, 5.74) is 0.852. The number of methoxy groups -OCH3 is 1. The number of ether oxygens (including phenoxy) is 1. The third kappa shape index (κ3) is 7.88. The number of halogens is 2. The highest BCUT2D eigenvalue weighted by Gasteiger charge is 2.33. The first-order valence-electron chi connectivity index (χ1n) is 12.2. The molecule has 0 fully saturated rings.